The molecule has 0 aliphatic carbocycles. The zero-order valence-electron chi connectivity index (χ0n) is 9.17. The van der Waals surface area contributed by atoms with E-state index in [1.165, 1.54) is 6.07 Å². The molecule has 1 aliphatic heterocycles. The summed E-state index contributed by atoms with van der Waals surface area (Å²) in [6.45, 7) is 0.535. The van der Waals surface area contributed by atoms with Crippen LogP contribution in [0.1, 0.15) is 12.5 Å². The Hall–Kier alpha value is -0.960. The number of aromatic nitrogens is 2. The summed E-state index contributed by atoms with van der Waals surface area (Å²) >= 11 is 7.20. The summed E-state index contributed by atoms with van der Waals surface area (Å²) in [7, 11) is 0. The van der Waals surface area contributed by atoms with Crippen molar-refractivity contribution < 1.29 is 9.18 Å². The van der Waals surface area contributed by atoms with Gasteiger partial charge in [-0.2, -0.15) is 0 Å². The van der Waals surface area contributed by atoms with Crippen LogP contribution in [0.25, 0.3) is 11.0 Å². The maximum absolute atomic E-state index is 13.7. The lowest BCUT2D eigenvalue weighted by atomic mass is 10.2. The molecule has 0 saturated carbocycles. The Morgan fingerprint density at radius 3 is 2.94 bits per heavy atom. The van der Waals surface area contributed by atoms with E-state index in [1.807, 2.05) is 27.2 Å². The molecule has 0 spiro atoms. The van der Waals surface area contributed by atoms with Crippen LogP contribution < -0.4 is 5.32 Å². The van der Waals surface area contributed by atoms with Crippen molar-refractivity contribution in [3.63, 3.8) is 0 Å². The lowest BCUT2D eigenvalue weighted by Gasteiger charge is -2.10. The number of carbonyl (C=O) groups is 1. The molecule has 94 valence electrons. The summed E-state index contributed by atoms with van der Waals surface area (Å²) < 4.78 is 16.5. The number of amides is 1. The monoisotopic (exact) mass is 377 g/mol. The van der Waals surface area contributed by atoms with E-state index < -0.39 is 0 Å². The first-order valence-electron chi connectivity index (χ1n) is 5.42. The van der Waals surface area contributed by atoms with Crippen molar-refractivity contribution in [2.24, 2.45) is 0 Å². The van der Waals surface area contributed by atoms with Gasteiger partial charge in [-0.25, -0.2) is 4.39 Å². The minimum Gasteiger partial charge on any atom is -0.354 e. The van der Waals surface area contributed by atoms with Gasteiger partial charge in [0, 0.05) is 19.0 Å². The van der Waals surface area contributed by atoms with Crippen LogP contribution in [0.4, 0.5) is 4.39 Å². The molecular formula is C11H9FIN3OS. The number of imidazole rings is 1. The van der Waals surface area contributed by atoms with Crippen molar-refractivity contribution in [1.29, 1.82) is 0 Å². The molecule has 18 heavy (non-hydrogen) atoms. The highest BCUT2D eigenvalue weighted by molar-refractivity contribution is 14.1. The molecular weight excluding hydrogens is 368 g/mol. The normalized spacial score (nSPS) is 19.4. The topological polar surface area (TPSA) is 49.8 Å². The molecule has 4 nitrogen and oxygen atoms in total. The molecule has 1 aromatic heterocycles. The fourth-order valence-electron chi connectivity index (χ4n) is 2.26. The van der Waals surface area contributed by atoms with E-state index in [4.69, 9.17) is 12.2 Å². The number of nitrogens with one attached hydrogen (secondary N) is 2. The summed E-state index contributed by atoms with van der Waals surface area (Å²) in [5.74, 6) is -0.273. The van der Waals surface area contributed by atoms with E-state index in [2.05, 4.69) is 10.3 Å². The number of halogens is 2. The summed E-state index contributed by atoms with van der Waals surface area (Å²) in [6, 6.07) is 3.15. The standard InChI is InChI=1S/C11H9FIN3OS/c12-6-2-9-8(3-7(6)13)15-11(18)16(9)5-1-10(17)14-4-5/h2-3,5H,1,4H2,(H,14,17)(H,15,18). The molecule has 1 aliphatic rings. The molecule has 0 bridgehead atoms. The second-order valence-electron chi connectivity index (χ2n) is 4.25. The third-order valence-electron chi connectivity index (χ3n) is 3.08. The van der Waals surface area contributed by atoms with Crippen LogP contribution in [0, 0.1) is 14.2 Å². The molecule has 2 aromatic rings. The van der Waals surface area contributed by atoms with Crippen LogP contribution in [0.5, 0.6) is 0 Å². The van der Waals surface area contributed by atoms with E-state index in [-0.39, 0.29) is 17.8 Å². The molecule has 1 saturated heterocycles. The van der Waals surface area contributed by atoms with Crippen molar-refractivity contribution in [3.8, 4) is 0 Å². The van der Waals surface area contributed by atoms with Gasteiger partial charge in [0.2, 0.25) is 5.91 Å². The van der Waals surface area contributed by atoms with Gasteiger partial charge in [0.1, 0.15) is 5.82 Å². The van der Waals surface area contributed by atoms with Crippen LogP contribution in [0.15, 0.2) is 12.1 Å². The van der Waals surface area contributed by atoms with Crippen molar-refractivity contribution >= 4 is 51.7 Å². The SMILES string of the molecule is O=C1CC(n2c(=S)[nH]c3cc(I)c(F)cc32)CN1. The van der Waals surface area contributed by atoms with Gasteiger partial charge in [-0.3, -0.25) is 4.79 Å². The Morgan fingerprint density at radius 1 is 1.50 bits per heavy atom. The van der Waals surface area contributed by atoms with Gasteiger partial charge in [0.05, 0.1) is 20.6 Å². The number of nitrogens with zero attached hydrogens (tertiary/aromatic N) is 1. The Bertz CT molecular complexity index is 708. The van der Waals surface area contributed by atoms with E-state index >= 15 is 0 Å². The number of hydrogen-bond acceptors (Lipinski definition) is 2. The van der Waals surface area contributed by atoms with Crippen molar-refractivity contribution in [3.05, 3.63) is 26.3 Å². The molecule has 0 radical (unpaired) electrons. The molecule has 1 aromatic carbocycles. The summed E-state index contributed by atoms with van der Waals surface area (Å²) in [6.07, 6.45) is 0.384. The molecule has 1 amide bonds. The van der Waals surface area contributed by atoms with Crippen molar-refractivity contribution in [2.75, 3.05) is 6.54 Å². The first-order chi connectivity index (χ1) is 8.56. The Kier molecular flexibility index (Phi) is 2.89. The van der Waals surface area contributed by atoms with Gasteiger partial charge in [0.15, 0.2) is 4.77 Å². The maximum atomic E-state index is 13.7. The number of H-pyrrole nitrogens is 1. The summed E-state index contributed by atoms with van der Waals surface area (Å²) in [5.41, 5.74) is 1.50. The first kappa shape index (κ1) is 12.1. The van der Waals surface area contributed by atoms with Gasteiger partial charge >= 0.3 is 0 Å². The van der Waals surface area contributed by atoms with Crippen molar-refractivity contribution in [1.82, 2.24) is 14.9 Å². The maximum Gasteiger partial charge on any atom is 0.222 e. The van der Waals surface area contributed by atoms with Crippen LogP contribution in [-0.4, -0.2) is 22.0 Å². The minimum atomic E-state index is -0.275. The predicted molar refractivity (Wildman–Crippen MR) is 76.5 cm³/mol. The Morgan fingerprint density at radius 2 is 2.28 bits per heavy atom. The van der Waals surface area contributed by atoms with Crippen LogP contribution >= 0.6 is 34.8 Å². The van der Waals surface area contributed by atoms with Crippen LogP contribution in [-0.2, 0) is 4.79 Å². The molecule has 1 fully saturated rings. The zero-order chi connectivity index (χ0) is 12.9. The summed E-state index contributed by atoms with van der Waals surface area (Å²) in [4.78, 5) is 14.3. The highest BCUT2D eigenvalue weighted by atomic mass is 127. The molecule has 1 atom stereocenters. The number of benzene rings is 1. The Labute approximate surface area is 121 Å². The van der Waals surface area contributed by atoms with E-state index in [1.54, 1.807) is 6.07 Å². The summed E-state index contributed by atoms with van der Waals surface area (Å²) in [5, 5.41) is 2.76. The average molecular weight is 377 g/mol. The van der Waals surface area contributed by atoms with Gasteiger partial charge in [-0.15, -0.1) is 0 Å². The predicted octanol–water partition coefficient (Wildman–Crippen LogP) is 2.50. The second-order valence-corrected chi connectivity index (χ2v) is 5.79. The van der Waals surface area contributed by atoms with Gasteiger partial charge < -0.3 is 14.9 Å². The van der Waals surface area contributed by atoms with E-state index in [0.717, 1.165) is 5.52 Å². The van der Waals surface area contributed by atoms with Gasteiger partial charge in [-0.1, -0.05) is 0 Å². The smallest absolute Gasteiger partial charge is 0.222 e. The van der Waals surface area contributed by atoms with Gasteiger partial charge in [-0.05, 0) is 40.9 Å². The van der Waals surface area contributed by atoms with E-state index in [0.29, 0.717) is 26.8 Å². The zero-order valence-corrected chi connectivity index (χ0v) is 12.1. The molecule has 2 N–H and O–H groups in total. The highest BCUT2D eigenvalue weighted by Gasteiger charge is 2.25. The van der Waals surface area contributed by atoms with Crippen molar-refractivity contribution in [2.45, 2.75) is 12.5 Å². The van der Waals surface area contributed by atoms with Gasteiger partial charge in [0.25, 0.3) is 0 Å². The average Bonchev–Trinajstić information content (AvgIpc) is 2.83. The third-order valence-corrected chi connectivity index (χ3v) is 4.21. The second kappa shape index (κ2) is 4.30. The third kappa shape index (κ3) is 1.85. The Balaban J connectivity index is 2.22. The number of carbonyl (C=O) groups excluding carboxylic acids is 1. The molecule has 1 unspecified atom stereocenters. The molecule has 2 heterocycles. The first-order valence-corrected chi connectivity index (χ1v) is 6.91. The largest absolute Gasteiger partial charge is 0.354 e. The fourth-order valence-corrected chi connectivity index (χ4v) is 3.08. The molecule has 3 rings (SSSR count). The van der Waals surface area contributed by atoms with E-state index in [9.17, 15) is 9.18 Å². The number of rotatable bonds is 1. The quantitative estimate of drug-likeness (QED) is 0.593. The number of hydrogen-bond donors (Lipinski definition) is 2. The molecule has 7 heteroatoms. The lowest BCUT2D eigenvalue weighted by Crippen LogP contribution is -2.15. The lowest BCUT2D eigenvalue weighted by molar-refractivity contribution is -0.119. The fraction of sp³-hybridized carbons (Fsp3) is 0.273. The van der Waals surface area contributed by atoms with Crippen LogP contribution in [0.3, 0.4) is 0 Å². The van der Waals surface area contributed by atoms with Crippen LogP contribution in [0.2, 0.25) is 0 Å². The minimum absolute atomic E-state index is 0.00207. The number of fused-ring (bicyclic) bond motifs is 1. The number of aromatic amines is 1. The highest BCUT2D eigenvalue weighted by Crippen LogP contribution is 2.26.